The van der Waals surface area contributed by atoms with E-state index in [2.05, 4.69) is 15.3 Å². The van der Waals surface area contributed by atoms with Crippen molar-refractivity contribution in [3.8, 4) is 0 Å². The predicted octanol–water partition coefficient (Wildman–Crippen LogP) is 1.25. The lowest BCUT2D eigenvalue weighted by atomic mass is 10.00. The first-order valence-corrected chi connectivity index (χ1v) is 7.24. The van der Waals surface area contributed by atoms with Gasteiger partial charge in [-0.3, -0.25) is 4.79 Å². The lowest BCUT2D eigenvalue weighted by Gasteiger charge is -2.40. The van der Waals surface area contributed by atoms with E-state index in [4.69, 9.17) is 16.3 Å². The highest BCUT2D eigenvalue weighted by molar-refractivity contribution is 6.30. The highest BCUT2D eigenvalue weighted by atomic mass is 35.5. The standard InChI is InChI=1S/C13H14ClN5O2/c14-8-3-10(15-4-8)13(20)18-2-1-12-11(6-18)19-9(7-21-12)5-16-17-19/h3-5,11-12,15H,1-2,6-7H2/t11-,12+/m0/s1. The third kappa shape index (κ3) is 2.13. The number of halogens is 1. The summed E-state index contributed by atoms with van der Waals surface area (Å²) in [5.41, 5.74) is 1.46. The summed E-state index contributed by atoms with van der Waals surface area (Å²) in [7, 11) is 0. The van der Waals surface area contributed by atoms with Crippen LogP contribution in [0.5, 0.6) is 0 Å². The van der Waals surface area contributed by atoms with Crippen LogP contribution in [0.25, 0.3) is 0 Å². The van der Waals surface area contributed by atoms with Crippen molar-refractivity contribution in [2.24, 2.45) is 0 Å². The molecule has 1 amide bonds. The molecule has 0 aliphatic carbocycles. The maximum atomic E-state index is 12.5. The zero-order chi connectivity index (χ0) is 14.4. The lowest BCUT2D eigenvalue weighted by molar-refractivity contribution is -0.0605. The van der Waals surface area contributed by atoms with E-state index in [1.54, 1.807) is 18.5 Å². The number of nitrogens with zero attached hydrogens (tertiary/aromatic N) is 4. The Labute approximate surface area is 125 Å². The molecule has 2 aromatic rings. The average Bonchev–Trinajstić information content (AvgIpc) is 3.14. The summed E-state index contributed by atoms with van der Waals surface area (Å²) < 4.78 is 7.72. The molecule has 2 atom stereocenters. The van der Waals surface area contributed by atoms with Gasteiger partial charge in [-0.25, -0.2) is 4.68 Å². The van der Waals surface area contributed by atoms with E-state index in [1.165, 1.54) is 0 Å². The first-order valence-electron chi connectivity index (χ1n) is 6.86. The van der Waals surface area contributed by atoms with Crippen LogP contribution in [-0.2, 0) is 11.3 Å². The SMILES string of the molecule is O=C(c1cc(Cl)c[nH]1)N1CC[C@H]2OCc3cnnn3[C@H]2C1. The first kappa shape index (κ1) is 12.8. The van der Waals surface area contributed by atoms with E-state index in [9.17, 15) is 4.79 Å². The molecule has 4 rings (SSSR count). The van der Waals surface area contributed by atoms with Crippen molar-refractivity contribution in [2.45, 2.75) is 25.2 Å². The molecule has 1 fully saturated rings. The average molecular weight is 308 g/mol. The number of hydrogen-bond donors (Lipinski definition) is 1. The number of fused-ring (bicyclic) bond motifs is 3. The molecule has 110 valence electrons. The molecule has 0 bridgehead atoms. The zero-order valence-corrected chi connectivity index (χ0v) is 12.0. The van der Waals surface area contributed by atoms with Crippen LogP contribution in [0.15, 0.2) is 18.5 Å². The Balaban J connectivity index is 1.57. The van der Waals surface area contributed by atoms with E-state index in [1.807, 2.05) is 9.58 Å². The molecular formula is C13H14ClN5O2. The van der Waals surface area contributed by atoms with Crippen molar-refractivity contribution in [1.82, 2.24) is 24.9 Å². The zero-order valence-electron chi connectivity index (χ0n) is 11.2. The number of H-pyrrole nitrogens is 1. The minimum Gasteiger partial charge on any atom is -0.370 e. The number of rotatable bonds is 1. The highest BCUT2D eigenvalue weighted by Gasteiger charge is 2.38. The number of ether oxygens (including phenoxy) is 1. The van der Waals surface area contributed by atoms with Crippen molar-refractivity contribution < 1.29 is 9.53 Å². The number of nitrogens with one attached hydrogen (secondary N) is 1. The minimum absolute atomic E-state index is 0.0272. The smallest absolute Gasteiger partial charge is 0.270 e. The quantitative estimate of drug-likeness (QED) is 0.860. The van der Waals surface area contributed by atoms with Crippen LogP contribution in [0, 0.1) is 0 Å². The van der Waals surface area contributed by atoms with Crippen molar-refractivity contribution in [3.05, 3.63) is 34.9 Å². The first-order chi connectivity index (χ1) is 10.2. The normalized spacial score (nSPS) is 24.5. The van der Waals surface area contributed by atoms with Crippen LogP contribution < -0.4 is 0 Å². The van der Waals surface area contributed by atoms with E-state index in [0.29, 0.717) is 30.4 Å². The fourth-order valence-electron chi connectivity index (χ4n) is 3.03. The Bertz CT molecular complexity index is 682. The van der Waals surface area contributed by atoms with Gasteiger partial charge in [0.25, 0.3) is 5.91 Å². The molecule has 4 heterocycles. The second-order valence-electron chi connectivity index (χ2n) is 5.36. The fourth-order valence-corrected chi connectivity index (χ4v) is 3.19. The third-order valence-corrected chi connectivity index (χ3v) is 4.31. The van der Waals surface area contributed by atoms with E-state index in [-0.39, 0.29) is 18.1 Å². The van der Waals surface area contributed by atoms with Crippen LogP contribution >= 0.6 is 11.6 Å². The maximum absolute atomic E-state index is 12.5. The number of hydrogen-bond acceptors (Lipinski definition) is 4. The lowest BCUT2D eigenvalue weighted by Crippen LogP contribution is -2.50. The van der Waals surface area contributed by atoms with Gasteiger partial charge >= 0.3 is 0 Å². The molecule has 21 heavy (non-hydrogen) atoms. The van der Waals surface area contributed by atoms with Crippen LogP contribution in [0.3, 0.4) is 0 Å². The second-order valence-corrected chi connectivity index (χ2v) is 5.79. The fraction of sp³-hybridized carbons (Fsp3) is 0.462. The molecule has 0 aromatic carbocycles. The van der Waals surface area contributed by atoms with Gasteiger partial charge in [0.2, 0.25) is 0 Å². The number of aromatic amines is 1. The monoisotopic (exact) mass is 307 g/mol. The molecule has 1 N–H and O–H groups in total. The third-order valence-electron chi connectivity index (χ3n) is 4.09. The molecule has 2 aliphatic rings. The molecule has 2 aliphatic heterocycles. The van der Waals surface area contributed by atoms with Crippen LogP contribution in [0.2, 0.25) is 5.02 Å². The van der Waals surface area contributed by atoms with E-state index >= 15 is 0 Å². The van der Waals surface area contributed by atoms with Gasteiger partial charge in [0.1, 0.15) is 5.69 Å². The Hall–Kier alpha value is -1.86. The summed E-state index contributed by atoms with van der Waals surface area (Å²) in [5.74, 6) is -0.0485. The maximum Gasteiger partial charge on any atom is 0.270 e. The predicted molar refractivity (Wildman–Crippen MR) is 74.0 cm³/mol. The van der Waals surface area contributed by atoms with E-state index < -0.39 is 0 Å². The largest absolute Gasteiger partial charge is 0.370 e. The van der Waals surface area contributed by atoms with Crippen molar-refractivity contribution in [3.63, 3.8) is 0 Å². The topological polar surface area (TPSA) is 76.0 Å². The summed E-state index contributed by atoms with van der Waals surface area (Å²) >= 11 is 5.86. The summed E-state index contributed by atoms with van der Waals surface area (Å²) in [5, 5.41) is 8.60. The van der Waals surface area contributed by atoms with Gasteiger partial charge in [0.05, 0.1) is 35.7 Å². The summed E-state index contributed by atoms with van der Waals surface area (Å²) in [4.78, 5) is 17.2. The van der Waals surface area contributed by atoms with Crippen molar-refractivity contribution >= 4 is 17.5 Å². The molecule has 0 spiro atoms. The van der Waals surface area contributed by atoms with Gasteiger partial charge in [-0.15, -0.1) is 5.10 Å². The summed E-state index contributed by atoms with van der Waals surface area (Å²) in [6.07, 6.45) is 4.21. The molecule has 7 nitrogen and oxygen atoms in total. The van der Waals surface area contributed by atoms with Crippen molar-refractivity contribution in [2.75, 3.05) is 13.1 Å². The van der Waals surface area contributed by atoms with Crippen LogP contribution in [0.1, 0.15) is 28.6 Å². The van der Waals surface area contributed by atoms with Crippen LogP contribution in [-0.4, -0.2) is 50.0 Å². The molecule has 2 aromatic heterocycles. The number of carbonyl (C=O) groups excluding carboxylic acids is 1. The Kier molecular flexibility index (Phi) is 2.97. The van der Waals surface area contributed by atoms with Gasteiger partial charge in [0, 0.05) is 19.3 Å². The van der Waals surface area contributed by atoms with Crippen molar-refractivity contribution in [1.29, 1.82) is 0 Å². The summed E-state index contributed by atoms with van der Waals surface area (Å²) in [6.45, 7) is 1.77. The Morgan fingerprint density at radius 1 is 1.52 bits per heavy atom. The number of amides is 1. The Morgan fingerprint density at radius 3 is 3.24 bits per heavy atom. The minimum atomic E-state index is -0.0485. The molecule has 8 heteroatoms. The van der Waals surface area contributed by atoms with Gasteiger partial charge in [0.15, 0.2) is 0 Å². The second kappa shape index (κ2) is 4.85. The van der Waals surface area contributed by atoms with Gasteiger partial charge < -0.3 is 14.6 Å². The number of carbonyl (C=O) groups is 1. The number of likely N-dealkylation sites (tertiary alicyclic amines) is 1. The molecule has 0 unspecified atom stereocenters. The number of piperidine rings is 1. The Morgan fingerprint density at radius 2 is 2.43 bits per heavy atom. The summed E-state index contributed by atoms with van der Waals surface area (Å²) in [6, 6.07) is 1.67. The molecule has 0 saturated carbocycles. The van der Waals surface area contributed by atoms with Gasteiger partial charge in [-0.05, 0) is 12.5 Å². The molecule has 0 radical (unpaired) electrons. The van der Waals surface area contributed by atoms with Gasteiger partial charge in [-0.2, -0.15) is 0 Å². The number of aromatic nitrogens is 4. The van der Waals surface area contributed by atoms with E-state index in [0.717, 1.165) is 12.1 Å². The van der Waals surface area contributed by atoms with Gasteiger partial charge in [-0.1, -0.05) is 16.8 Å². The van der Waals surface area contributed by atoms with Crippen LogP contribution in [0.4, 0.5) is 0 Å². The molecular weight excluding hydrogens is 294 g/mol. The highest BCUT2D eigenvalue weighted by Crippen LogP contribution is 2.30. The molecule has 1 saturated heterocycles.